The third-order valence-electron chi connectivity index (χ3n) is 4.78. The summed E-state index contributed by atoms with van der Waals surface area (Å²) in [6, 6.07) is 17.5. The van der Waals surface area contributed by atoms with Gasteiger partial charge < -0.3 is 9.88 Å². The molecular formula is C22H21N5O. The first-order chi connectivity index (χ1) is 13.6. The first-order valence-corrected chi connectivity index (χ1v) is 9.11. The summed E-state index contributed by atoms with van der Waals surface area (Å²) in [6.07, 6.45) is 7.10. The molecule has 2 heterocycles. The quantitative estimate of drug-likeness (QED) is 0.579. The molecule has 0 aliphatic carbocycles. The molecule has 6 heteroatoms. The van der Waals surface area contributed by atoms with Crippen LogP contribution in [-0.2, 0) is 0 Å². The van der Waals surface area contributed by atoms with E-state index in [-0.39, 0.29) is 11.9 Å². The summed E-state index contributed by atoms with van der Waals surface area (Å²) in [7, 11) is 0. The molecule has 0 bridgehead atoms. The lowest BCUT2D eigenvalue weighted by Crippen LogP contribution is -2.26. The van der Waals surface area contributed by atoms with E-state index in [1.165, 1.54) is 6.33 Å². The zero-order valence-corrected chi connectivity index (χ0v) is 15.8. The number of nitrogens with zero attached hydrogens (tertiary/aromatic N) is 4. The fraction of sp³-hybridized carbons (Fsp3) is 0.136. The number of benzene rings is 2. The molecule has 0 aliphatic rings. The molecule has 2 aromatic heterocycles. The van der Waals surface area contributed by atoms with E-state index in [9.17, 15) is 4.79 Å². The summed E-state index contributed by atoms with van der Waals surface area (Å²) in [4.78, 5) is 16.7. The molecule has 4 aromatic rings. The van der Waals surface area contributed by atoms with Crippen LogP contribution >= 0.6 is 0 Å². The van der Waals surface area contributed by atoms with Gasteiger partial charge in [0.05, 0.1) is 11.7 Å². The van der Waals surface area contributed by atoms with Gasteiger partial charge in [0, 0.05) is 23.6 Å². The number of carbonyl (C=O) groups excluding carboxylic acids is 1. The van der Waals surface area contributed by atoms with E-state index in [1.54, 1.807) is 11.0 Å². The number of hydrogen-bond donors (Lipinski definition) is 1. The summed E-state index contributed by atoms with van der Waals surface area (Å²) in [5.41, 5.74) is 4.71. The Bertz CT molecular complexity index is 1070. The topological polar surface area (TPSA) is 64.7 Å². The van der Waals surface area contributed by atoms with Crippen molar-refractivity contribution in [3.63, 3.8) is 0 Å². The summed E-state index contributed by atoms with van der Waals surface area (Å²) < 4.78 is 3.71. The van der Waals surface area contributed by atoms with Gasteiger partial charge in [-0.2, -0.15) is 5.10 Å². The van der Waals surface area contributed by atoms with Gasteiger partial charge >= 0.3 is 0 Å². The van der Waals surface area contributed by atoms with Crippen molar-refractivity contribution in [2.45, 2.75) is 19.9 Å². The molecule has 0 spiro atoms. The molecule has 1 N–H and O–H groups in total. The number of aromatic nitrogens is 4. The third kappa shape index (κ3) is 3.57. The molecule has 0 unspecified atom stereocenters. The van der Waals surface area contributed by atoms with Gasteiger partial charge in [-0.15, -0.1) is 0 Å². The Kier molecular flexibility index (Phi) is 4.76. The highest BCUT2D eigenvalue weighted by Crippen LogP contribution is 2.19. The fourth-order valence-corrected chi connectivity index (χ4v) is 3.14. The molecule has 0 saturated carbocycles. The van der Waals surface area contributed by atoms with Crippen LogP contribution in [0.1, 0.15) is 34.5 Å². The lowest BCUT2D eigenvalue weighted by Gasteiger charge is -2.16. The van der Waals surface area contributed by atoms with E-state index in [1.807, 2.05) is 85.4 Å². The van der Waals surface area contributed by atoms with Crippen molar-refractivity contribution in [1.29, 1.82) is 0 Å². The van der Waals surface area contributed by atoms with E-state index >= 15 is 0 Å². The van der Waals surface area contributed by atoms with E-state index in [4.69, 9.17) is 0 Å². The number of rotatable bonds is 5. The first-order valence-electron chi connectivity index (χ1n) is 9.11. The molecule has 140 valence electrons. The van der Waals surface area contributed by atoms with Crippen LogP contribution in [0.15, 0.2) is 79.6 Å². The maximum Gasteiger partial charge on any atom is 0.251 e. The van der Waals surface area contributed by atoms with Crippen LogP contribution in [0, 0.1) is 6.92 Å². The number of amides is 1. The van der Waals surface area contributed by atoms with Crippen LogP contribution in [0.4, 0.5) is 0 Å². The predicted octanol–water partition coefficient (Wildman–Crippen LogP) is 3.86. The highest BCUT2D eigenvalue weighted by Gasteiger charge is 2.13. The highest BCUT2D eigenvalue weighted by molar-refractivity contribution is 5.95. The van der Waals surface area contributed by atoms with Crippen molar-refractivity contribution in [1.82, 2.24) is 24.6 Å². The average molecular weight is 371 g/mol. The Hall–Kier alpha value is -3.67. The molecular weight excluding hydrogens is 350 g/mol. The number of hydrogen-bond acceptors (Lipinski definition) is 3. The minimum absolute atomic E-state index is 0.0961. The second kappa shape index (κ2) is 7.52. The monoisotopic (exact) mass is 371 g/mol. The van der Waals surface area contributed by atoms with Gasteiger partial charge in [0.1, 0.15) is 12.7 Å². The van der Waals surface area contributed by atoms with Crippen molar-refractivity contribution >= 4 is 5.91 Å². The maximum absolute atomic E-state index is 12.8. The molecule has 1 amide bonds. The maximum atomic E-state index is 12.8. The molecule has 6 nitrogen and oxygen atoms in total. The fourth-order valence-electron chi connectivity index (χ4n) is 3.14. The highest BCUT2D eigenvalue weighted by atomic mass is 16.1. The Morgan fingerprint density at radius 3 is 2.50 bits per heavy atom. The van der Waals surface area contributed by atoms with Gasteiger partial charge in [0.2, 0.25) is 0 Å². The predicted molar refractivity (Wildman–Crippen MR) is 108 cm³/mol. The van der Waals surface area contributed by atoms with Crippen molar-refractivity contribution < 1.29 is 4.79 Å². The van der Waals surface area contributed by atoms with Crippen LogP contribution in [-0.4, -0.2) is 25.2 Å². The minimum atomic E-state index is -0.117. The molecule has 0 saturated heterocycles. The van der Waals surface area contributed by atoms with E-state index in [0.29, 0.717) is 5.56 Å². The Morgan fingerprint density at radius 1 is 1.07 bits per heavy atom. The van der Waals surface area contributed by atoms with Gasteiger partial charge in [0.25, 0.3) is 5.91 Å². The van der Waals surface area contributed by atoms with Crippen molar-refractivity contribution in [3.05, 3.63) is 96.3 Å². The standard InChI is InChI=1S/C22H21N5O/c1-16-5-6-19(13-21(16)26-11-3-4-12-26)22(28)25-17(2)18-7-9-20(10-8-18)27-15-23-14-24-27/h3-15,17H,1-2H3,(H,25,28)/t17-/m0/s1. The molecule has 0 radical (unpaired) electrons. The zero-order valence-electron chi connectivity index (χ0n) is 15.8. The van der Waals surface area contributed by atoms with Crippen molar-refractivity contribution in [3.8, 4) is 11.4 Å². The van der Waals surface area contributed by atoms with E-state index in [0.717, 1.165) is 22.5 Å². The van der Waals surface area contributed by atoms with Gasteiger partial charge in [-0.3, -0.25) is 4.79 Å². The molecule has 0 aliphatic heterocycles. The normalized spacial score (nSPS) is 11.9. The van der Waals surface area contributed by atoms with Crippen LogP contribution in [0.2, 0.25) is 0 Å². The van der Waals surface area contributed by atoms with Gasteiger partial charge in [0.15, 0.2) is 0 Å². The first kappa shape index (κ1) is 17.7. The Morgan fingerprint density at radius 2 is 1.82 bits per heavy atom. The lowest BCUT2D eigenvalue weighted by molar-refractivity contribution is 0.0940. The second-order valence-corrected chi connectivity index (χ2v) is 6.72. The summed E-state index contributed by atoms with van der Waals surface area (Å²) in [5.74, 6) is -0.0961. The number of aryl methyl sites for hydroxylation is 1. The molecule has 1 atom stereocenters. The number of nitrogens with one attached hydrogen (secondary N) is 1. The Balaban J connectivity index is 1.50. The third-order valence-corrected chi connectivity index (χ3v) is 4.78. The van der Waals surface area contributed by atoms with Crippen LogP contribution in [0.5, 0.6) is 0 Å². The van der Waals surface area contributed by atoms with Crippen molar-refractivity contribution in [2.24, 2.45) is 0 Å². The largest absolute Gasteiger partial charge is 0.346 e. The van der Waals surface area contributed by atoms with E-state index in [2.05, 4.69) is 15.4 Å². The summed E-state index contributed by atoms with van der Waals surface area (Å²) in [6.45, 7) is 4.01. The minimum Gasteiger partial charge on any atom is -0.346 e. The van der Waals surface area contributed by atoms with E-state index < -0.39 is 0 Å². The molecule has 4 rings (SSSR count). The molecule has 2 aromatic carbocycles. The van der Waals surface area contributed by atoms with Crippen LogP contribution in [0.25, 0.3) is 11.4 Å². The summed E-state index contributed by atoms with van der Waals surface area (Å²) in [5, 5.41) is 7.19. The van der Waals surface area contributed by atoms with Crippen LogP contribution in [0.3, 0.4) is 0 Å². The lowest BCUT2D eigenvalue weighted by atomic mass is 10.1. The SMILES string of the molecule is Cc1ccc(C(=O)N[C@@H](C)c2ccc(-n3cncn3)cc2)cc1-n1cccc1. The van der Waals surface area contributed by atoms with Gasteiger partial charge in [-0.25, -0.2) is 9.67 Å². The van der Waals surface area contributed by atoms with Gasteiger partial charge in [-0.1, -0.05) is 18.2 Å². The zero-order chi connectivity index (χ0) is 19.5. The Labute approximate surface area is 163 Å². The number of carbonyl (C=O) groups is 1. The smallest absolute Gasteiger partial charge is 0.251 e. The molecule has 28 heavy (non-hydrogen) atoms. The van der Waals surface area contributed by atoms with Crippen LogP contribution < -0.4 is 5.32 Å². The van der Waals surface area contributed by atoms with Gasteiger partial charge in [-0.05, 0) is 61.4 Å². The van der Waals surface area contributed by atoms with Crippen molar-refractivity contribution in [2.75, 3.05) is 0 Å². The average Bonchev–Trinajstić information content (AvgIpc) is 3.42. The summed E-state index contributed by atoms with van der Waals surface area (Å²) >= 11 is 0. The molecule has 0 fully saturated rings. The second-order valence-electron chi connectivity index (χ2n) is 6.72.